The second-order valence-electron chi connectivity index (χ2n) is 4.70. The summed E-state index contributed by atoms with van der Waals surface area (Å²) in [5.74, 6) is 0.154. The van der Waals surface area contributed by atoms with Crippen LogP contribution in [-0.2, 0) is 0 Å². The monoisotopic (exact) mass is 224 g/mol. The SMILES string of the molecule is CCCC1(C)C[C@@H](O)c2ccc(F)cc2O1. The van der Waals surface area contributed by atoms with E-state index in [9.17, 15) is 9.50 Å². The first kappa shape index (κ1) is 11.4. The van der Waals surface area contributed by atoms with Crippen molar-refractivity contribution in [3.05, 3.63) is 29.6 Å². The minimum Gasteiger partial charge on any atom is -0.487 e. The van der Waals surface area contributed by atoms with E-state index in [1.807, 2.05) is 6.92 Å². The largest absolute Gasteiger partial charge is 0.487 e. The Labute approximate surface area is 95.1 Å². The van der Waals surface area contributed by atoms with Gasteiger partial charge in [0, 0.05) is 18.1 Å². The zero-order chi connectivity index (χ0) is 11.8. The van der Waals surface area contributed by atoms with E-state index in [4.69, 9.17) is 4.74 Å². The fourth-order valence-corrected chi connectivity index (χ4v) is 2.38. The average Bonchev–Trinajstić information content (AvgIpc) is 2.15. The lowest BCUT2D eigenvalue weighted by atomic mass is 9.87. The zero-order valence-corrected chi connectivity index (χ0v) is 9.66. The maximum Gasteiger partial charge on any atom is 0.128 e. The van der Waals surface area contributed by atoms with Crippen LogP contribution in [0.2, 0.25) is 0 Å². The summed E-state index contributed by atoms with van der Waals surface area (Å²) in [7, 11) is 0. The highest BCUT2D eigenvalue weighted by atomic mass is 19.1. The summed E-state index contributed by atoms with van der Waals surface area (Å²) in [6.45, 7) is 4.04. The van der Waals surface area contributed by atoms with E-state index in [0.29, 0.717) is 17.7 Å². The fraction of sp³-hybridized carbons (Fsp3) is 0.538. The summed E-state index contributed by atoms with van der Waals surface area (Å²) in [4.78, 5) is 0. The highest BCUT2D eigenvalue weighted by Crippen LogP contribution is 2.41. The Morgan fingerprint density at radius 3 is 3.00 bits per heavy atom. The van der Waals surface area contributed by atoms with Crippen LogP contribution in [0.5, 0.6) is 5.75 Å². The number of aliphatic hydroxyl groups is 1. The third-order valence-electron chi connectivity index (χ3n) is 3.09. The van der Waals surface area contributed by atoms with Crippen molar-refractivity contribution in [1.82, 2.24) is 0 Å². The molecule has 0 saturated carbocycles. The molecule has 0 saturated heterocycles. The molecule has 0 fully saturated rings. The van der Waals surface area contributed by atoms with Crippen LogP contribution in [0.4, 0.5) is 4.39 Å². The molecule has 0 aromatic heterocycles. The highest BCUT2D eigenvalue weighted by molar-refractivity contribution is 5.38. The molecule has 1 N–H and O–H groups in total. The molecule has 88 valence electrons. The van der Waals surface area contributed by atoms with Crippen LogP contribution in [0.1, 0.15) is 44.8 Å². The summed E-state index contributed by atoms with van der Waals surface area (Å²) < 4.78 is 18.9. The second kappa shape index (κ2) is 4.06. The van der Waals surface area contributed by atoms with Crippen molar-refractivity contribution in [1.29, 1.82) is 0 Å². The van der Waals surface area contributed by atoms with Gasteiger partial charge >= 0.3 is 0 Å². The van der Waals surface area contributed by atoms with Crippen molar-refractivity contribution < 1.29 is 14.2 Å². The van der Waals surface area contributed by atoms with Crippen LogP contribution in [0.3, 0.4) is 0 Å². The lowest BCUT2D eigenvalue weighted by Crippen LogP contribution is -2.38. The van der Waals surface area contributed by atoms with Crippen LogP contribution in [0.25, 0.3) is 0 Å². The van der Waals surface area contributed by atoms with Gasteiger partial charge in [0.1, 0.15) is 17.2 Å². The first-order valence-electron chi connectivity index (χ1n) is 5.70. The van der Waals surface area contributed by atoms with Crippen molar-refractivity contribution in [2.45, 2.75) is 44.8 Å². The maximum absolute atomic E-state index is 13.1. The standard InChI is InChI=1S/C13H17FO2/c1-3-6-13(2)8-11(15)10-5-4-9(14)7-12(10)16-13/h4-5,7,11,15H,3,6,8H2,1-2H3/t11-,13?/m1/s1. The third kappa shape index (κ3) is 2.05. The van der Waals surface area contributed by atoms with E-state index in [1.54, 1.807) is 6.07 Å². The van der Waals surface area contributed by atoms with Gasteiger partial charge in [-0.2, -0.15) is 0 Å². The van der Waals surface area contributed by atoms with Crippen molar-refractivity contribution in [3.63, 3.8) is 0 Å². The minimum absolute atomic E-state index is 0.327. The summed E-state index contributed by atoms with van der Waals surface area (Å²) in [5.41, 5.74) is 0.310. The molecular weight excluding hydrogens is 207 g/mol. The number of aliphatic hydroxyl groups excluding tert-OH is 1. The van der Waals surface area contributed by atoms with Crippen molar-refractivity contribution in [3.8, 4) is 5.75 Å². The predicted molar refractivity (Wildman–Crippen MR) is 59.9 cm³/mol. The van der Waals surface area contributed by atoms with Gasteiger partial charge < -0.3 is 9.84 Å². The van der Waals surface area contributed by atoms with Gasteiger partial charge in [0.25, 0.3) is 0 Å². The molecule has 1 aliphatic heterocycles. The normalized spacial score (nSPS) is 28.4. The molecule has 0 bridgehead atoms. The summed E-state index contributed by atoms with van der Waals surface area (Å²) in [5, 5.41) is 10.0. The first-order chi connectivity index (χ1) is 7.54. The van der Waals surface area contributed by atoms with Gasteiger partial charge in [-0.1, -0.05) is 13.3 Å². The van der Waals surface area contributed by atoms with E-state index in [0.717, 1.165) is 12.8 Å². The maximum atomic E-state index is 13.1. The van der Waals surface area contributed by atoms with Crippen LogP contribution in [-0.4, -0.2) is 10.7 Å². The summed E-state index contributed by atoms with van der Waals surface area (Å²) >= 11 is 0. The Bertz CT molecular complexity index is 392. The summed E-state index contributed by atoms with van der Waals surface area (Å²) in [6, 6.07) is 4.31. The first-order valence-corrected chi connectivity index (χ1v) is 5.70. The average molecular weight is 224 g/mol. The number of hydrogen-bond acceptors (Lipinski definition) is 2. The molecule has 0 radical (unpaired) electrons. The van der Waals surface area contributed by atoms with E-state index < -0.39 is 6.10 Å². The molecule has 3 heteroatoms. The van der Waals surface area contributed by atoms with Crippen molar-refractivity contribution in [2.24, 2.45) is 0 Å². The molecule has 1 unspecified atom stereocenters. The molecule has 0 spiro atoms. The second-order valence-corrected chi connectivity index (χ2v) is 4.70. The van der Waals surface area contributed by atoms with Crippen LogP contribution < -0.4 is 4.74 Å². The van der Waals surface area contributed by atoms with Gasteiger partial charge in [0.05, 0.1) is 6.10 Å². The van der Waals surface area contributed by atoms with Gasteiger partial charge in [0.15, 0.2) is 0 Å². The van der Waals surface area contributed by atoms with Crippen LogP contribution >= 0.6 is 0 Å². The van der Waals surface area contributed by atoms with E-state index in [-0.39, 0.29) is 11.4 Å². The van der Waals surface area contributed by atoms with Crippen LogP contribution in [0, 0.1) is 5.82 Å². The molecule has 1 aliphatic rings. The molecule has 0 amide bonds. The summed E-state index contributed by atoms with van der Waals surface area (Å²) in [6.07, 6.45) is 1.86. The topological polar surface area (TPSA) is 29.5 Å². The molecule has 1 aromatic carbocycles. The zero-order valence-electron chi connectivity index (χ0n) is 9.66. The van der Waals surface area contributed by atoms with E-state index in [2.05, 4.69) is 6.92 Å². The number of rotatable bonds is 2. The smallest absolute Gasteiger partial charge is 0.128 e. The molecule has 0 aliphatic carbocycles. The molecule has 2 rings (SSSR count). The van der Waals surface area contributed by atoms with Gasteiger partial charge in [-0.15, -0.1) is 0 Å². The number of fused-ring (bicyclic) bond motifs is 1. The fourth-order valence-electron chi connectivity index (χ4n) is 2.38. The highest BCUT2D eigenvalue weighted by Gasteiger charge is 2.35. The molecular formula is C13H17FO2. The number of ether oxygens (including phenoxy) is 1. The molecule has 2 atom stereocenters. The van der Waals surface area contributed by atoms with Crippen molar-refractivity contribution >= 4 is 0 Å². The Morgan fingerprint density at radius 2 is 2.31 bits per heavy atom. The van der Waals surface area contributed by atoms with Gasteiger partial charge in [-0.05, 0) is 25.5 Å². The van der Waals surface area contributed by atoms with Crippen molar-refractivity contribution in [2.75, 3.05) is 0 Å². The quantitative estimate of drug-likeness (QED) is 0.835. The molecule has 16 heavy (non-hydrogen) atoms. The Morgan fingerprint density at radius 1 is 1.56 bits per heavy atom. The predicted octanol–water partition coefficient (Wildman–Crippen LogP) is 3.20. The van der Waals surface area contributed by atoms with Gasteiger partial charge in [-0.3, -0.25) is 0 Å². The van der Waals surface area contributed by atoms with Gasteiger partial charge in [0.2, 0.25) is 0 Å². The molecule has 1 aromatic rings. The Hall–Kier alpha value is -1.09. The minimum atomic E-state index is -0.555. The lowest BCUT2D eigenvalue weighted by molar-refractivity contribution is -0.00761. The Kier molecular flexibility index (Phi) is 2.89. The van der Waals surface area contributed by atoms with Crippen LogP contribution in [0.15, 0.2) is 18.2 Å². The number of halogens is 1. The third-order valence-corrected chi connectivity index (χ3v) is 3.09. The van der Waals surface area contributed by atoms with E-state index >= 15 is 0 Å². The number of benzene rings is 1. The Balaban J connectivity index is 2.34. The number of hydrogen-bond donors (Lipinski definition) is 1. The molecule has 2 nitrogen and oxygen atoms in total. The van der Waals surface area contributed by atoms with Gasteiger partial charge in [-0.25, -0.2) is 4.39 Å². The van der Waals surface area contributed by atoms with E-state index in [1.165, 1.54) is 12.1 Å². The molecule has 1 heterocycles. The lowest BCUT2D eigenvalue weighted by Gasteiger charge is -2.38.